The summed E-state index contributed by atoms with van der Waals surface area (Å²) in [6.45, 7) is 2.63. The number of rotatable bonds is 3. The van der Waals surface area contributed by atoms with Gasteiger partial charge in [-0.2, -0.15) is 0 Å². The molecule has 0 spiro atoms. The molecular formula is C17H19FN4O2. The van der Waals surface area contributed by atoms with Crippen LogP contribution in [-0.4, -0.2) is 39.7 Å². The van der Waals surface area contributed by atoms with Gasteiger partial charge in [-0.1, -0.05) is 12.1 Å². The van der Waals surface area contributed by atoms with Crippen molar-refractivity contribution in [3.05, 3.63) is 41.8 Å². The Morgan fingerprint density at radius 2 is 2.00 bits per heavy atom. The smallest absolute Gasteiger partial charge is 0.249 e. The number of anilines is 1. The Kier molecular flexibility index (Phi) is 4.19. The Hall–Kier alpha value is -2.54. The molecule has 2 aromatic rings. The van der Waals surface area contributed by atoms with Gasteiger partial charge in [0.1, 0.15) is 11.4 Å². The zero-order valence-electron chi connectivity index (χ0n) is 13.4. The van der Waals surface area contributed by atoms with E-state index in [9.17, 15) is 14.3 Å². The molecule has 0 unspecified atom stereocenters. The zero-order chi connectivity index (χ0) is 17.3. The number of carbonyl (C=O) groups excluding carboxylic acids is 1. The van der Waals surface area contributed by atoms with Gasteiger partial charge < -0.3 is 15.7 Å². The van der Waals surface area contributed by atoms with Crippen molar-refractivity contribution in [2.24, 2.45) is 5.73 Å². The van der Waals surface area contributed by atoms with Crippen LogP contribution in [0.5, 0.6) is 0 Å². The fourth-order valence-electron chi connectivity index (χ4n) is 2.83. The van der Waals surface area contributed by atoms with Gasteiger partial charge in [-0.15, -0.1) is 0 Å². The minimum atomic E-state index is -1.48. The largest absolute Gasteiger partial charge is 0.380 e. The predicted octanol–water partition coefficient (Wildman–Crippen LogP) is 1.41. The van der Waals surface area contributed by atoms with E-state index in [4.69, 9.17) is 5.73 Å². The molecule has 24 heavy (non-hydrogen) atoms. The molecule has 0 atom stereocenters. The van der Waals surface area contributed by atoms with Crippen LogP contribution in [0.25, 0.3) is 11.3 Å². The number of carbonyl (C=O) groups is 1. The minimum absolute atomic E-state index is 0.217. The predicted molar refractivity (Wildman–Crippen MR) is 87.8 cm³/mol. The van der Waals surface area contributed by atoms with Crippen LogP contribution in [0.15, 0.2) is 30.5 Å². The maximum Gasteiger partial charge on any atom is 0.249 e. The number of nitrogens with zero attached hydrogens (tertiary/aromatic N) is 3. The number of benzene rings is 1. The Bertz CT molecular complexity index is 773. The van der Waals surface area contributed by atoms with Crippen molar-refractivity contribution in [3.8, 4) is 11.3 Å². The second-order valence-electron chi connectivity index (χ2n) is 6.06. The number of halogens is 1. The number of primary amides is 1. The van der Waals surface area contributed by atoms with Crippen molar-refractivity contribution in [2.45, 2.75) is 25.4 Å². The van der Waals surface area contributed by atoms with Crippen LogP contribution < -0.4 is 10.6 Å². The first kappa shape index (κ1) is 16.3. The van der Waals surface area contributed by atoms with Gasteiger partial charge in [0.05, 0.1) is 5.69 Å². The van der Waals surface area contributed by atoms with E-state index in [1.54, 1.807) is 24.4 Å². The van der Waals surface area contributed by atoms with Gasteiger partial charge in [0.2, 0.25) is 11.9 Å². The molecule has 2 heterocycles. The molecule has 1 amide bonds. The van der Waals surface area contributed by atoms with Crippen LogP contribution in [0.3, 0.4) is 0 Å². The summed E-state index contributed by atoms with van der Waals surface area (Å²) in [4.78, 5) is 22.0. The standard InChI is InChI=1S/C17H19FN4O2/c1-11-10-20-16(21-14(11)12-4-2-3-5-13(12)18)22-8-6-17(24,7-9-22)15(19)23/h2-5,10,24H,6-9H2,1H3,(H2,19,23). The van der Waals surface area contributed by atoms with E-state index < -0.39 is 11.5 Å². The molecule has 3 N–H and O–H groups in total. The van der Waals surface area contributed by atoms with Crippen LogP contribution in [0.4, 0.5) is 10.3 Å². The third-order valence-corrected chi connectivity index (χ3v) is 4.42. The van der Waals surface area contributed by atoms with Crippen LogP contribution in [0.1, 0.15) is 18.4 Å². The fraction of sp³-hybridized carbons (Fsp3) is 0.353. The molecule has 1 saturated heterocycles. The third-order valence-electron chi connectivity index (χ3n) is 4.42. The van der Waals surface area contributed by atoms with Gasteiger partial charge in [-0.3, -0.25) is 4.79 Å². The SMILES string of the molecule is Cc1cnc(N2CCC(O)(C(N)=O)CC2)nc1-c1ccccc1F. The highest BCUT2D eigenvalue weighted by atomic mass is 19.1. The first-order chi connectivity index (χ1) is 11.4. The molecule has 1 aromatic heterocycles. The van der Waals surface area contributed by atoms with Crippen LogP contribution in [0, 0.1) is 12.7 Å². The van der Waals surface area contributed by atoms with E-state index in [0.29, 0.717) is 30.3 Å². The maximum absolute atomic E-state index is 14.1. The number of aryl methyl sites for hydroxylation is 1. The lowest BCUT2D eigenvalue weighted by Crippen LogP contribution is -2.52. The van der Waals surface area contributed by atoms with Crippen molar-refractivity contribution >= 4 is 11.9 Å². The van der Waals surface area contributed by atoms with E-state index in [1.807, 2.05) is 11.8 Å². The fourth-order valence-corrected chi connectivity index (χ4v) is 2.83. The van der Waals surface area contributed by atoms with Gasteiger partial charge >= 0.3 is 0 Å². The number of hydrogen-bond donors (Lipinski definition) is 2. The molecule has 1 fully saturated rings. The molecule has 0 aliphatic carbocycles. The molecule has 1 aliphatic heterocycles. The second kappa shape index (κ2) is 6.16. The van der Waals surface area contributed by atoms with E-state index in [1.165, 1.54) is 6.07 Å². The van der Waals surface area contributed by atoms with Crippen LogP contribution in [0.2, 0.25) is 0 Å². The number of hydrogen-bond acceptors (Lipinski definition) is 5. The van der Waals surface area contributed by atoms with Gasteiger partial charge in [-0.25, -0.2) is 14.4 Å². The number of nitrogens with two attached hydrogens (primary N) is 1. The van der Waals surface area contributed by atoms with Gasteiger partial charge in [0.15, 0.2) is 0 Å². The average molecular weight is 330 g/mol. The summed E-state index contributed by atoms with van der Waals surface area (Å²) in [5.74, 6) is -0.601. The molecule has 126 valence electrons. The summed E-state index contributed by atoms with van der Waals surface area (Å²) in [5.41, 5.74) is 5.49. The van der Waals surface area contributed by atoms with Gasteiger partial charge in [0.25, 0.3) is 0 Å². The van der Waals surface area contributed by atoms with Crippen LogP contribution in [-0.2, 0) is 4.79 Å². The molecule has 3 rings (SSSR count). The zero-order valence-corrected chi connectivity index (χ0v) is 13.4. The molecule has 0 bridgehead atoms. The quantitative estimate of drug-likeness (QED) is 0.888. The van der Waals surface area contributed by atoms with Crippen molar-refractivity contribution in [1.29, 1.82) is 0 Å². The Labute approximate surface area is 139 Å². The topological polar surface area (TPSA) is 92.3 Å². The highest BCUT2D eigenvalue weighted by molar-refractivity contribution is 5.83. The lowest BCUT2D eigenvalue weighted by Gasteiger charge is -2.36. The first-order valence-corrected chi connectivity index (χ1v) is 7.76. The van der Waals surface area contributed by atoms with E-state index in [-0.39, 0.29) is 18.7 Å². The van der Waals surface area contributed by atoms with Crippen LogP contribution >= 0.6 is 0 Å². The summed E-state index contributed by atoms with van der Waals surface area (Å²) in [5, 5.41) is 10.1. The van der Waals surface area contributed by atoms with Crippen molar-refractivity contribution in [1.82, 2.24) is 9.97 Å². The summed E-state index contributed by atoms with van der Waals surface area (Å²) >= 11 is 0. The summed E-state index contributed by atoms with van der Waals surface area (Å²) in [6.07, 6.45) is 2.09. The molecule has 1 aromatic carbocycles. The first-order valence-electron chi connectivity index (χ1n) is 7.76. The lowest BCUT2D eigenvalue weighted by molar-refractivity contribution is -0.138. The molecule has 7 heteroatoms. The van der Waals surface area contributed by atoms with E-state index in [0.717, 1.165) is 5.56 Å². The summed E-state index contributed by atoms with van der Waals surface area (Å²) < 4.78 is 14.1. The number of piperidine rings is 1. The highest BCUT2D eigenvalue weighted by Crippen LogP contribution is 2.28. The van der Waals surface area contributed by atoms with Crippen molar-refractivity contribution < 1.29 is 14.3 Å². The third kappa shape index (κ3) is 2.94. The Morgan fingerprint density at radius 1 is 1.33 bits per heavy atom. The van der Waals surface area contributed by atoms with Crippen molar-refractivity contribution in [2.75, 3.05) is 18.0 Å². The highest BCUT2D eigenvalue weighted by Gasteiger charge is 2.38. The normalized spacial score (nSPS) is 16.9. The van der Waals surface area contributed by atoms with Gasteiger partial charge in [0, 0.05) is 37.7 Å². The number of amides is 1. The number of aromatic nitrogens is 2. The minimum Gasteiger partial charge on any atom is -0.380 e. The molecule has 0 radical (unpaired) electrons. The van der Waals surface area contributed by atoms with E-state index >= 15 is 0 Å². The Balaban J connectivity index is 1.88. The molecule has 1 aliphatic rings. The van der Waals surface area contributed by atoms with E-state index in [2.05, 4.69) is 9.97 Å². The van der Waals surface area contributed by atoms with Gasteiger partial charge in [-0.05, 0) is 24.6 Å². The molecular weight excluding hydrogens is 311 g/mol. The second-order valence-corrected chi connectivity index (χ2v) is 6.06. The monoisotopic (exact) mass is 330 g/mol. The average Bonchev–Trinajstić information content (AvgIpc) is 2.57. The maximum atomic E-state index is 14.1. The number of aliphatic hydroxyl groups is 1. The van der Waals surface area contributed by atoms with Crippen molar-refractivity contribution in [3.63, 3.8) is 0 Å². The summed E-state index contributed by atoms with van der Waals surface area (Å²) in [6, 6.07) is 6.46. The molecule has 6 nitrogen and oxygen atoms in total. The molecule has 0 saturated carbocycles. The Morgan fingerprint density at radius 3 is 2.62 bits per heavy atom. The lowest BCUT2D eigenvalue weighted by atomic mass is 9.91. The summed E-state index contributed by atoms with van der Waals surface area (Å²) in [7, 11) is 0.